The maximum absolute atomic E-state index is 11.6. The first-order valence-corrected chi connectivity index (χ1v) is 6.22. The Morgan fingerprint density at radius 2 is 1.83 bits per heavy atom. The van der Waals surface area contributed by atoms with Crippen molar-refractivity contribution in [3.63, 3.8) is 0 Å². The second kappa shape index (κ2) is 6.40. The molecule has 0 aliphatic carbocycles. The first kappa shape index (κ1) is 14.5. The van der Waals surface area contributed by atoms with Gasteiger partial charge in [0.2, 0.25) is 5.91 Å². The van der Waals surface area contributed by atoms with E-state index in [9.17, 15) is 4.79 Å². The molecule has 0 unspecified atom stereocenters. The highest BCUT2D eigenvalue weighted by atomic mass is 16.3. The Hall–Kier alpha value is -1.55. The average Bonchev–Trinajstić information content (AvgIpc) is 2.26. The van der Waals surface area contributed by atoms with Crippen LogP contribution in [0.25, 0.3) is 0 Å². The molecule has 0 saturated carbocycles. The van der Waals surface area contributed by atoms with Gasteiger partial charge in [-0.25, -0.2) is 0 Å². The van der Waals surface area contributed by atoms with E-state index in [1.54, 1.807) is 12.1 Å². The molecule has 0 aliphatic heterocycles. The quantitative estimate of drug-likeness (QED) is 0.745. The van der Waals surface area contributed by atoms with Crippen LogP contribution in [0.2, 0.25) is 0 Å². The fourth-order valence-electron chi connectivity index (χ4n) is 1.54. The number of carbonyl (C=O) groups is 1. The second-order valence-electron chi connectivity index (χ2n) is 5.53. The molecule has 1 aromatic carbocycles. The average molecular weight is 251 g/mol. The summed E-state index contributed by atoms with van der Waals surface area (Å²) in [4.78, 5) is 11.6. The molecule has 18 heavy (non-hydrogen) atoms. The van der Waals surface area contributed by atoms with Crippen LogP contribution >= 0.6 is 0 Å². The summed E-state index contributed by atoms with van der Waals surface area (Å²) in [5, 5.41) is 12.1. The number of carbonyl (C=O) groups excluding carboxylic acids is 1. The summed E-state index contributed by atoms with van der Waals surface area (Å²) in [7, 11) is 6.30. The van der Waals surface area contributed by atoms with Gasteiger partial charge in [0.1, 0.15) is 5.75 Å². The Balaban J connectivity index is 2.23. The SMILES string of the molecule is C[N+](C)(C)CCNC(=O)CCc1ccc(O)cc1. The number of quaternary nitrogens is 1. The van der Waals surface area contributed by atoms with Gasteiger partial charge in [0.15, 0.2) is 0 Å². The Kier molecular flexibility index (Phi) is 5.16. The van der Waals surface area contributed by atoms with Crippen LogP contribution in [0.5, 0.6) is 5.75 Å². The topological polar surface area (TPSA) is 49.3 Å². The summed E-state index contributed by atoms with van der Waals surface area (Å²) < 4.78 is 0.845. The summed E-state index contributed by atoms with van der Waals surface area (Å²) in [6, 6.07) is 6.97. The van der Waals surface area contributed by atoms with Gasteiger partial charge in [0, 0.05) is 6.42 Å². The summed E-state index contributed by atoms with van der Waals surface area (Å²) in [5.41, 5.74) is 1.06. The van der Waals surface area contributed by atoms with Gasteiger partial charge in [-0.05, 0) is 24.1 Å². The number of rotatable bonds is 6. The lowest BCUT2D eigenvalue weighted by Gasteiger charge is -2.23. The molecule has 1 aromatic rings. The number of phenols is 1. The van der Waals surface area contributed by atoms with Crippen LogP contribution in [0.4, 0.5) is 0 Å². The van der Waals surface area contributed by atoms with Gasteiger partial charge in [0.05, 0.1) is 34.2 Å². The van der Waals surface area contributed by atoms with Crippen molar-refractivity contribution >= 4 is 5.91 Å². The Morgan fingerprint density at radius 3 is 2.39 bits per heavy atom. The van der Waals surface area contributed by atoms with E-state index in [-0.39, 0.29) is 11.7 Å². The molecule has 4 heteroatoms. The van der Waals surface area contributed by atoms with Crippen LogP contribution in [0, 0.1) is 0 Å². The molecular weight excluding hydrogens is 228 g/mol. The Bertz CT molecular complexity index is 380. The van der Waals surface area contributed by atoms with Crippen molar-refractivity contribution in [2.24, 2.45) is 0 Å². The molecule has 0 heterocycles. The maximum atomic E-state index is 11.6. The van der Waals surface area contributed by atoms with Crippen molar-refractivity contribution in [1.82, 2.24) is 5.32 Å². The number of hydrogen-bond donors (Lipinski definition) is 2. The number of hydrogen-bond acceptors (Lipinski definition) is 2. The van der Waals surface area contributed by atoms with Crippen LogP contribution in [-0.2, 0) is 11.2 Å². The molecule has 0 aromatic heterocycles. The van der Waals surface area contributed by atoms with Crippen molar-refractivity contribution in [2.75, 3.05) is 34.2 Å². The van der Waals surface area contributed by atoms with Crippen molar-refractivity contribution in [3.8, 4) is 5.75 Å². The molecule has 0 saturated heterocycles. The lowest BCUT2D eigenvalue weighted by atomic mass is 10.1. The number of aromatic hydroxyl groups is 1. The van der Waals surface area contributed by atoms with Gasteiger partial charge in [0.25, 0.3) is 0 Å². The Labute approximate surface area is 109 Å². The normalized spacial score (nSPS) is 11.3. The minimum absolute atomic E-state index is 0.0801. The van der Waals surface area contributed by atoms with Crippen molar-refractivity contribution < 1.29 is 14.4 Å². The van der Waals surface area contributed by atoms with Crippen LogP contribution in [0.1, 0.15) is 12.0 Å². The third kappa shape index (κ3) is 6.25. The van der Waals surface area contributed by atoms with Gasteiger partial charge in [-0.3, -0.25) is 4.79 Å². The standard InChI is InChI=1S/C14H22N2O2/c1-16(2,3)11-10-15-14(18)9-6-12-4-7-13(17)8-5-12/h4-5,7-8H,6,9-11H2,1-3H3,(H-,15,17,18)/p+1. The van der Waals surface area contributed by atoms with Crippen molar-refractivity contribution in [1.29, 1.82) is 0 Å². The zero-order chi connectivity index (χ0) is 13.6. The molecule has 2 N–H and O–H groups in total. The van der Waals surface area contributed by atoms with E-state index in [0.717, 1.165) is 16.6 Å². The lowest BCUT2D eigenvalue weighted by Crippen LogP contribution is -2.41. The molecule has 0 spiro atoms. The highest BCUT2D eigenvalue weighted by molar-refractivity contribution is 5.76. The van der Waals surface area contributed by atoms with E-state index >= 15 is 0 Å². The van der Waals surface area contributed by atoms with Crippen molar-refractivity contribution in [2.45, 2.75) is 12.8 Å². The summed E-state index contributed by atoms with van der Waals surface area (Å²) in [6.45, 7) is 1.63. The van der Waals surface area contributed by atoms with E-state index in [1.165, 1.54) is 0 Å². The van der Waals surface area contributed by atoms with Gasteiger partial charge in [-0.15, -0.1) is 0 Å². The van der Waals surface area contributed by atoms with E-state index in [2.05, 4.69) is 26.5 Å². The molecule has 0 atom stereocenters. The predicted molar refractivity (Wildman–Crippen MR) is 72.3 cm³/mol. The fraction of sp³-hybridized carbons (Fsp3) is 0.500. The van der Waals surface area contributed by atoms with Crippen LogP contribution < -0.4 is 5.32 Å². The minimum atomic E-state index is 0.0801. The first-order valence-electron chi connectivity index (χ1n) is 6.22. The molecule has 0 fully saturated rings. The van der Waals surface area contributed by atoms with E-state index in [4.69, 9.17) is 5.11 Å². The van der Waals surface area contributed by atoms with Crippen LogP contribution in [-0.4, -0.2) is 49.7 Å². The number of phenolic OH excluding ortho intramolecular Hbond substituents is 1. The number of nitrogens with zero attached hydrogens (tertiary/aromatic N) is 1. The number of benzene rings is 1. The zero-order valence-corrected chi connectivity index (χ0v) is 11.4. The van der Waals surface area contributed by atoms with Gasteiger partial charge >= 0.3 is 0 Å². The molecule has 1 rings (SSSR count). The highest BCUT2D eigenvalue weighted by Crippen LogP contribution is 2.10. The summed E-state index contributed by atoms with van der Waals surface area (Å²) in [6.07, 6.45) is 1.19. The van der Waals surface area contributed by atoms with E-state index in [0.29, 0.717) is 19.4 Å². The molecule has 1 amide bonds. The number of likely N-dealkylation sites (N-methyl/N-ethyl adjacent to an activating group) is 1. The van der Waals surface area contributed by atoms with Crippen LogP contribution in [0.3, 0.4) is 0 Å². The largest absolute Gasteiger partial charge is 0.508 e. The van der Waals surface area contributed by atoms with Gasteiger partial charge < -0.3 is 14.9 Å². The molecular formula is C14H23N2O2+. The first-order chi connectivity index (χ1) is 8.37. The number of nitrogens with one attached hydrogen (secondary N) is 1. The van der Waals surface area contributed by atoms with Gasteiger partial charge in [-0.1, -0.05) is 12.1 Å². The monoisotopic (exact) mass is 251 g/mol. The van der Waals surface area contributed by atoms with Gasteiger partial charge in [-0.2, -0.15) is 0 Å². The molecule has 0 bridgehead atoms. The predicted octanol–water partition coefficient (Wildman–Crippen LogP) is 1.15. The fourth-order valence-corrected chi connectivity index (χ4v) is 1.54. The smallest absolute Gasteiger partial charge is 0.220 e. The Morgan fingerprint density at radius 1 is 1.22 bits per heavy atom. The number of aryl methyl sites for hydroxylation is 1. The lowest BCUT2D eigenvalue weighted by molar-refractivity contribution is -0.869. The van der Waals surface area contributed by atoms with E-state index in [1.807, 2.05) is 12.1 Å². The molecule has 4 nitrogen and oxygen atoms in total. The highest BCUT2D eigenvalue weighted by Gasteiger charge is 2.07. The maximum Gasteiger partial charge on any atom is 0.220 e. The molecule has 0 aliphatic rings. The third-order valence-corrected chi connectivity index (χ3v) is 2.68. The molecule has 0 radical (unpaired) electrons. The summed E-state index contributed by atoms with van der Waals surface area (Å²) in [5.74, 6) is 0.336. The third-order valence-electron chi connectivity index (χ3n) is 2.68. The van der Waals surface area contributed by atoms with Crippen molar-refractivity contribution in [3.05, 3.63) is 29.8 Å². The van der Waals surface area contributed by atoms with Crippen LogP contribution in [0.15, 0.2) is 24.3 Å². The number of amides is 1. The zero-order valence-electron chi connectivity index (χ0n) is 11.4. The second-order valence-corrected chi connectivity index (χ2v) is 5.53. The van der Waals surface area contributed by atoms with E-state index < -0.39 is 0 Å². The molecule has 100 valence electrons. The minimum Gasteiger partial charge on any atom is -0.508 e. The summed E-state index contributed by atoms with van der Waals surface area (Å²) >= 11 is 0.